The third kappa shape index (κ3) is 1.89. The third-order valence-electron chi connectivity index (χ3n) is 3.26. The van der Waals surface area contributed by atoms with Crippen LogP contribution in [0.3, 0.4) is 0 Å². The van der Waals surface area contributed by atoms with Gasteiger partial charge in [0.15, 0.2) is 0 Å². The number of H-pyrrole nitrogens is 1. The summed E-state index contributed by atoms with van der Waals surface area (Å²) < 4.78 is 0. The lowest BCUT2D eigenvalue weighted by atomic mass is 10.1. The molecule has 0 spiro atoms. The van der Waals surface area contributed by atoms with E-state index in [4.69, 9.17) is 11.6 Å². The van der Waals surface area contributed by atoms with Gasteiger partial charge in [0.2, 0.25) is 0 Å². The van der Waals surface area contributed by atoms with Gasteiger partial charge < -0.3 is 4.98 Å². The summed E-state index contributed by atoms with van der Waals surface area (Å²) in [6, 6.07) is 9.61. The Hall–Kier alpha value is -1.54. The van der Waals surface area contributed by atoms with Gasteiger partial charge in [0.05, 0.1) is 0 Å². The fourth-order valence-corrected chi connectivity index (χ4v) is 2.50. The fraction of sp³-hybridized carbons (Fsp3) is 0.214. The minimum Gasteiger partial charge on any atom is -0.322 e. The molecule has 2 nitrogen and oxygen atoms in total. The van der Waals surface area contributed by atoms with Crippen molar-refractivity contribution in [2.75, 3.05) is 0 Å². The highest BCUT2D eigenvalue weighted by molar-refractivity contribution is 6.30. The Balaban J connectivity index is 2.13. The first-order valence-corrected chi connectivity index (χ1v) is 6.13. The van der Waals surface area contributed by atoms with Crippen molar-refractivity contribution < 1.29 is 0 Å². The molecule has 1 N–H and O–H groups in total. The zero-order valence-electron chi connectivity index (χ0n) is 9.29. The van der Waals surface area contributed by atoms with Crippen LogP contribution in [0, 0.1) is 0 Å². The van der Waals surface area contributed by atoms with Crippen LogP contribution in [0.1, 0.15) is 17.5 Å². The molecule has 0 amide bonds. The number of benzene rings is 1. The standard InChI is InChI=1S/C14H12ClNO/c15-11-6-4-9(5-7-11)13-8-10-2-1-3-12(10)14(17)16-13/h4-8H,1-3H2,(H,16,17). The van der Waals surface area contributed by atoms with E-state index in [-0.39, 0.29) is 5.56 Å². The molecule has 0 aliphatic heterocycles. The van der Waals surface area contributed by atoms with Crippen molar-refractivity contribution in [2.45, 2.75) is 19.3 Å². The van der Waals surface area contributed by atoms with Crippen LogP contribution in [-0.2, 0) is 12.8 Å². The Morgan fingerprint density at radius 2 is 1.88 bits per heavy atom. The zero-order valence-corrected chi connectivity index (χ0v) is 10.1. The largest absolute Gasteiger partial charge is 0.322 e. The van der Waals surface area contributed by atoms with E-state index in [9.17, 15) is 4.79 Å². The molecule has 2 aromatic rings. The van der Waals surface area contributed by atoms with E-state index in [1.54, 1.807) is 0 Å². The Labute approximate surface area is 104 Å². The molecule has 0 atom stereocenters. The smallest absolute Gasteiger partial charge is 0.251 e. The summed E-state index contributed by atoms with van der Waals surface area (Å²) in [6.07, 6.45) is 3.01. The van der Waals surface area contributed by atoms with E-state index < -0.39 is 0 Å². The number of hydrogen-bond donors (Lipinski definition) is 1. The molecule has 1 aromatic heterocycles. The second-order valence-electron chi connectivity index (χ2n) is 4.38. The van der Waals surface area contributed by atoms with Gasteiger partial charge in [-0.1, -0.05) is 23.7 Å². The fourth-order valence-electron chi connectivity index (χ4n) is 2.38. The number of aryl methyl sites for hydroxylation is 1. The summed E-state index contributed by atoms with van der Waals surface area (Å²) in [5.41, 5.74) is 4.10. The number of pyridine rings is 1. The van der Waals surface area contributed by atoms with Crippen LogP contribution < -0.4 is 5.56 Å². The molecule has 3 rings (SSSR count). The summed E-state index contributed by atoms with van der Waals surface area (Å²) in [5.74, 6) is 0. The van der Waals surface area contributed by atoms with E-state index in [2.05, 4.69) is 11.1 Å². The molecule has 17 heavy (non-hydrogen) atoms. The van der Waals surface area contributed by atoms with Crippen LogP contribution >= 0.6 is 11.6 Å². The van der Waals surface area contributed by atoms with Gasteiger partial charge in [0.25, 0.3) is 5.56 Å². The molecule has 0 saturated heterocycles. The average Bonchev–Trinajstić information content (AvgIpc) is 2.78. The minimum atomic E-state index is 0.0601. The predicted molar refractivity (Wildman–Crippen MR) is 69.5 cm³/mol. The second kappa shape index (κ2) is 4.04. The van der Waals surface area contributed by atoms with Crippen molar-refractivity contribution in [1.29, 1.82) is 0 Å². The van der Waals surface area contributed by atoms with Gasteiger partial charge in [-0.25, -0.2) is 0 Å². The van der Waals surface area contributed by atoms with Crippen molar-refractivity contribution in [3.63, 3.8) is 0 Å². The summed E-state index contributed by atoms with van der Waals surface area (Å²) in [6.45, 7) is 0. The van der Waals surface area contributed by atoms with Crippen LogP contribution in [0.5, 0.6) is 0 Å². The second-order valence-corrected chi connectivity index (χ2v) is 4.81. The number of halogens is 1. The molecule has 0 unspecified atom stereocenters. The van der Waals surface area contributed by atoms with Gasteiger partial charge in [0.1, 0.15) is 0 Å². The maximum Gasteiger partial charge on any atom is 0.251 e. The maximum atomic E-state index is 11.9. The Morgan fingerprint density at radius 3 is 2.65 bits per heavy atom. The number of aromatic amines is 1. The van der Waals surface area contributed by atoms with Crippen molar-refractivity contribution in [3.05, 3.63) is 56.8 Å². The molecule has 3 heteroatoms. The van der Waals surface area contributed by atoms with Crippen LogP contribution in [0.15, 0.2) is 35.1 Å². The number of aromatic nitrogens is 1. The summed E-state index contributed by atoms with van der Waals surface area (Å²) in [5, 5.41) is 0.706. The van der Waals surface area contributed by atoms with E-state index in [1.165, 1.54) is 5.56 Å². The van der Waals surface area contributed by atoms with E-state index >= 15 is 0 Å². The van der Waals surface area contributed by atoms with Crippen molar-refractivity contribution in [2.24, 2.45) is 0 Å². The molecule has 1 aromatic carbocycles. The maximum absolute atomic E-state index is 11.9. The number of fused-ring (bicyclic) bond motifs is 1. The van der Waals surface area contributed by atoms with E-state index in [1.807, 2.05) is 24.3 Å². The molecule has 1 heterocycles. The number of nitrogens with one attached hydrogen (secondary N) is 1. The SMILES string of the molecule is O=c1[nH]c(-c2ccc(Cl)cc2)cc2c1CCC2. The van der Waals surface area contributed by atoms with Crippen molar-refractivity contribution in [1.82, 2.24) is 4.98 Å². The third-order valence-corrected chi connectivity index (χ3v) is 3.51. The molecule has 0 bridgehead atoms. The van der Waals surface area contributed by atoms with Gasteiger partial charge in [-0.05, 0) is 48.6 Å². The van der Waals surface area contributed by atoms with Crippen LogP contribution in [0.25, 0.3) is 11.3 Å². The van der Waals surface area contributed by atoms with Gasteiger partial charge in [-0.15, -0.1) is 0 Å². The van der Waals surface area contributed by atoms with E-state index in [0.717, 1.165) is 36.1 Å². The van der Waals surface area contributed by atoms with Gasteiger partial charge in [0, 0.05) is 16.3 Å². The molecule has 0 radical (unpaired) electrons. The highest BCUT2D eigenvalue weighted by Crippen LogP contribution is 2.24. The lowest BCUT2D eigenvalue weighted by molar-refractivity contribution is 0.907. The normalized spacial score (nSPS) is 13.7. The monoisotopic (exact) mass is 245 g/mol. The summed E-state index contributed by atoms with van der Waals surface area (Å²) in [4.78, 5) is 14.8. The molecular formula is C14H12ClNO. The molecule has 0 saturated carbocycles. The first-order valence-electron chi connectivity index (χ1n) is 5.75. The summed E-state index contributed by atoms with van der Waals surface area (Å²) in [7, 11) is 0. The molecule has 0 fully saturated rings. The minimum absolute atomic E-state index is 0.0601. The Kier molecular flexibility index (Phi) is 2.52. The molecule has 1 aliphatic rings. The lowest BCUT2D eigenvalue weighted by Crippen LogP contribution is -2.12. The quantitative estimate of drug-likeness (QED) is 0.822. The van der Waals surface area contributed by atoms with E-state index in [0.29, 0.717) is 5.02 Å². The van der Waals surface area contributed by atoms with Crippen LogP contribution in [0.4, 0.5) is 0 Å². The highest BCUT2D eigenvalue weighted by Gasteiger charge is 2.15. The Bertz CT molecular complexity index is 613. The summed E-state index contributed by atoms with van der Waals surface area (Å²) >= 11 is 5.85. The number of hydrogen-bond acceptors (Lipinski definition) is 1. The van der Waals surface area contributed by atoms with Gasteiger partial charge in [-0.3, -0.25) is 4.79 Å². The molecule has 1 aliphatic carbocycles. The molecular weight excluding hydrogens is 234 g/mol. The van der Waals surface area contributed by atoms with Crippen LogP contribution in [0.2, 0.25) is 5.02 Å². The van der Waals surface area contributed by atoms with Crippen molar-refractivity contribution in [3.8, 4) is 11.3 Å². The van der Waals surface area contributed by atoms with Crippen LogP contribution in [-0.4, -0.2) is 4.98 Å². The Morgan fingerprint density at radius 1 is 1.12 bits per heavy atom. The highest BCUT2D eigenvalue weighted by atomic mass is 35.5. The molecule has 86 valence electrons. The zero-order chi connectivity index (χ0) is 11.8. The van der Waals surface area contributed by atoms with Crippen molar-refractivity contribution >= 4 is 11.6 Å². The first-order chi connectivity index (χ1) is 8.24. The average molecular weight is 246 g/mol. The predicted octanol–water partition coefficient (Wildman–Crippen LogP) is 3.18. The van der Waals surface area contributed by atoms with Gasteiger partial charge in [-0.2, -0.15) is 0 Å². The van der Waals surface area contributed by atoms with Gasteiger partial charge >= 0.3 is 0 Å². The number of rotatable bonds is 1. The topological polar surface area (TPSA) is 32.9 Å². The first kappa shape index (κ1) is 10.6. The lowest BCUT2D eigenvalue weighted by Gasteiger charge is -2.05.